The van der Waals surface area contributed by atoms with Gasteiger partial charge >= 0.3 is 0 Å². The molecule has 3 aromatic heterocycles. The first-order chi connectivity index (χ1) is 18.6. The lowest BCUT2D eigenvalue weighted by Crippen LogP contribution is -2.35. The van der Waals surface area contributed by atoms with Crippen molar-refractivity contribution in [2.75, 3.05) is 12.4 Å². The number of amides is 1. The second-order valence-electron chi connectivity index (χ2n) is 8.64. The fourth-order valence-corrected chi connectivity index (χ4v) is 4.62. The summed E-state index contributed by atoms with van der Waals surface area (Å²) in [5.41, 5.74) is 2.65. The molecule has 186 valence electrons. The second-order valence-corrected chi connectivity index (χ2v) is 8.64. The molecule has 8 heteroatoms. The van der Waals surface area contributed by atoms with Gasteiger partial charge in [0.25, 0.3) is 11.5 Å². The van der Waals surface area contributed by atoms with Gasteiger partial charge in [-0.25, -0.2) is 4.98 Å². The molecule has 0 saturated carbocycles. The Hall–Kier alpha value is -5.24. The topological polar surface area (TPSA) is 99.2 Å². The number of carbonyl (C=O) groups excluding carboxylic acids is 1. The first kappa shape index (κ1) is 23.2. The van der Waals surface area contributed by atoms with E-state index >= 15 is 0 Å². The number of aromatic nitrogens is 3. The van der Waals surface area contributed by atoms with Crippen LogP contribution in [0, 0.1) is 0 Å². The average Bonchev–Trinajstić information content (AvgIpc) is 3.49. The van der Waals surface area contributed by atoms with Gasteiger partial charge in [0.15, 0.2) is 11.5 Å². The van der Waals surface area contributed by atoms with Crippen LogP contribution in [0.1, 0.15) is 11.6 Å². The van der Waals surface area contributed by atoms with Crippen LogP contribution in [0.3, 0.4) is 0 Å². The molecule has 0 aliphatic heterocycles. The number of anilines is 1. The van der Waals surface area contributed by atoms with Crippen LogP contribution in [-0.4, -0.2) is 27.6 Å². The van der Waals surface area contributed by atoms with Gasteiger partial charge in [0.05, 0.1) is 29.9 Å². The molecule has 3 aromatic carbocycles. The summed E-state index contributed by atoms with van der Waals surface area (Å²) in [6.45, 7) is 0. The highest BCUT2D eigenvalue weighted by atomic mass is 16.5. The van der Waals surface area contributed by atoms with Crippen molar-refractivity contribution in [1.82, 2.24) is 14.5 Å². The fraction of sp³-hybridized carbons (Fsp3) is 0.0667. The van der Waals surface area contributed by atoms with Gasteiger partial charge in [-0.05, 0) is 66.2 Å². The highest BCUT2D eigenvalue weighted by molar-refractivity contribution is 6.00. The number of para-hydroxylation sites is 3. The van der Waals surface area contributed by atoms with Gasteiger partial charge in [-0.1, -0.05) is 30.3 Å². The maximum absolute atomic E-state index is 14.1. The quantitative estimate of drug-likeness (QED) is 0.326. The number of rotatable bonds is 6. The van der Waals surface area contributed by atoms with Gasteiger partial charge in [-0.2, -0.15) is 0 Å². The van der Waals surface area contributed by atoms with E-state index in [-0.39, 0.29) is 5.69 Å². The Kier molecular flexibility index (Phi) is 5.89. The molecule has 6 aromatic rings. The number of hydrogen-bond acceptors (Lipinski definition) is 6. The number of benzene rings is 3. The van der Waals surface area contributed by atoms with Crippen LogP contribution in [0.2, 0.25) is 0 Å². The number of fused-ring (bicyclic) bond motifs is 2. The standard InChI is InChI=1S/C30H22N4O4/c1-37-20-14-12-19(13-15-20)32-29(35)28(22-16-17-31-23-8-3-2-7-21(22)23)34-25-10-5-4-9-24(25)33-27(30(34)36)26-11-6-18-38-26/h2-18,28H,1H3,(H,32,35). The molecular weight excluding hydrogens is 480 g/mol. The normalized spacial score (nSPS) is 11.9. The number of nitrogens with one attached hydrogen (secondary N) is 1. The number of pyridine rings is 1. The molecule has 0 aliphatic carbocycles. The van der Waals surface area contributed by atoms with Crippen LogP contribution in [-0.2, 0) is 4.79 Å². The van der Waals surface area contributed by atoms with Gasteiger partial charge < -0.3 is 14.5 Å². The minimum atomic E-state index is -1.04. The minimum absolute atomic E-state index is 0.120. The van der Waals surface area contributed by atoms with Crippen molar-refractivity contribution in [3.8, 4) is 17.2 Å². The lowest BCUT2D eigenvalue weighted by atomic mass is 10.00. The van der Waals surface area contributed by atoms with E-state index in [0.29, 0.717) is 39.3 Å². The number of hydrogen-bond donors (Lipinski definition) is 1. The number of nitrogens with zero attached hydrogens (tertiary/aromatic N) is 3. The summed E-state index contributed by atoms with van der Waals surface area (Å²) in [6, 6.07) is 25.9. The van der Waals surface area contributed by atoms with Crippen molar-refractivity contribution in [2.24, 2.45) is 0 Å². The summed E-state index contributed by atoms with van der Waals surface area (Å²) in [7, 11) is 1.58. The molecule has 38 heavy (non-hydrogen) atoms. The van der Waals surface area contributed by atoms with Gasteiger partial charge in [0.1, 0.15) is 11.8 Å². The van der Waals surface area contributed by atoms with E-state index in [1.165, 1.54) is 10.8 Å². The Morgan fingerprint density at radius 1 is 0.921 bits per heavy atom. The monoisotopic (exact) mass is 502 g/mol. The molecule has 6 rings (SSSR count). The highest BCUT2D eigenvalue weighted by Crippen LogP contribution is 2.30. The predicted octanol–water partition coefficient (Wildman–Crippen LogP) is 5.44. The van der Waals surface area contributed by atoms with Gasteiger partial charge in [0.2, 0.25) is 0 Å². The third-order valence-corrected chi connectivity index (χ3v) is 6.39. The molecule has 0 radical (unpaired) electrons. The van der Waals surface area contributed by atoms with Crippen LogP contribution in [0.5, 0.6) is 5.75 Å². The lowest BCUT2D eigenvalue weighted by Gasteiger charge is -2.23. The molecule has 0 saturated heterocycles. The Labute approximate surface area is 217 Å². The molecule has 0 spiro atoms. The molecule has 1 atom stereocenters. The number of carbonyl (C=O) groups is 1. The molecule has 0 bridgehead atoms. The molecule has 1 unspecified atom stereocenters. The highest BCUT2D eigenvalue weighted by Gasteiger charge is 2.29. The van der Waals surface area contributed by atoms with Crippen LogP contribution in [0.4, 0.5) is 5.69 Å². The zero-order chi connectivity index (χ0) is 26.1. The minimum Gasteiger partial charge on any atom is -0.497 e. The zero-order valence-electron chi connectivity index (χ0n) is 20.4. The molecule has 3 heterocycles. The van der Waals surface area contributed by atoms with Crippen LogP contribution >= 0.6 is 0 Å². The largest absolute Gasteiger partial charge is 0.497 e. The molecule has 0 fully saturated rings. The molecule has 0 aliphatic rings. The van der Waals surface area contributed by atoms with Crippen molar-refractivity contribution in [2.45, 2.75) is 6.04 Å². The van der Waals surface area contributed by atoms with Crippen LogP contribution in [0.25, 0.3) is 33.4 Å². The van der Waals surface area contributed by atoms with Crippen molar-refractivity contribution < 1.29 is 13.9 Å². The van der Waals surface area contributed by atoms with Crippen LogP contribution < -0.4 is 15.6 Å². The molecular formula is C30H22N4O4. The number of ether oxygens (including phenoxy) is 1. The summed E-state index contributed by atoms with van der Waals surface area (Å²) in [6.07, 6.45) is 3.13. The summed E-state index contributed by atoms with van der Waals surface area (Å²) in [5.74, 6) is 0.595. The number of furan rings is 1. The summed E-state index contributed by atoms with van der Waals surface area (Å²) < 4.78 is 12.3. The van der Waals surface area contributed by atoms with E-state index < -0.39 is 17.5 Å². The van der Waals surface area contributed by atoms with Crippen molar-refractivity contribution in [1.29, 1.82) is 0 Å². The fourth-order valence-electron chi connectivity index (χ4n) is 4.62. The first-order valence-electron chi connectivity index (χ1n) is 12.0. The zero-order valence-corrected chi connectivity index (χ0v) is 20.4. The van der Waals surface area contributed by atoms with E-state index in [4.69, 9.17) is 9.15 Å². The SMILES string of the molecule is COc1ccc(NC(=O)C(c2ccnc3ccccc23)n2c(=O)c(-c3ccco3)nc3ccccc32)cc1. The van der Waals surface area contributed by atoms with E-state index in [0.717, 1.165) is 5.39 Å². The summed E-state index contributed by atoms with van der Waals surface area (Å²) >= 11 is 0. The summed E-state index contributed by atoms with van der Waals surface area (Å²) in [4.78, 5) is 37.3. The van der Waals surface area contributed by atoms with Crippen molar-refractivity contribution >= 4 is 33.5 Å². The van der Waals surface area contributed by atoms with Crippen molar-refractivity contribution in [3.05, 3.63) is 119 Å². The first-order valence-corrected chi connectivity index (χ1v) is 12.0. The third-order valence-electron chi connectivity index (χ3n) is 6.39. The van der Waals surface area contributed by atoms with Crippen LogP contribution in [0.15, 0.2) is 113 Å². The van der Waals surface area contributed by atoms with Crippen molar-refractivity contribution in [3.63, 3.8) is 0 Å². The van der Waals surface area contributed by atoms with E-state index in [1.807, 2.05) is 36.4 Å². The molecule has 1 amide bonds. The lowest BCUT2D eigenvalue weighted by molar-refractivity contribution is -0.118. The Morgan fingerprint density at radius 3 is 2.45 bits per heavy atom. The van der Waals surface area contributed by atoms with Gasteiger partial charge in [0, 0.05) is 17.3 Å². The Morgan fingerprint density at radius 2 is 1.68 bits per heavy atom. The predicted molar refractivity (Wildman–Crippen MR) is 145 cm³/mol. The third kappa shape index (κ3) is 4.08. The number of methoxy groups -OCH3 is 1. The molecule has 8 nitrogen and oxygen atoms in total. The van der Waals surface area contributed by atoms with E-state index in [1.54, 1.807) is 67.9 Å². The van der Waals surface area contributed by atoms with E-state index in [2.05, 4.69) is 15.3 Å². The maximum Gasteiger partial charge on any atom is 0.281 e. The second kappa shape index (κ2) is 9.67. The Bertz CT molecular complexity index is 1820. The maximum atomic E-state index is 14.1. The van der Waals surface area contributed by atoms with Gasteiger partial charge in [-0.15, -0.1) is 0 Å². The Balaban J connectivity index is 1.62. The molecule has 1 N–H and O–H groups in total. The summed E-state index contributed by atoms with van der Waals surface area (Å²) in [5, 5.41) is 3.74. The smallest absolute Gasteiger partial charge is 0.281 e. The van der Waals surface area contributed by atoms with Gasteiger partial charge in [-0.3, -0.25) is 19.1 Å². The van der Waals surface area contributed by atoms with E-state index in [9.17, 15) is 9.59 Å². The average molecular weight is 503 g/mol.